The van der Waals surface area contributed by atoms with E-state index < -0.39 is 5.25 Å². The predicted octanol–water partition coefficient (Wildman–Crippen LogP) is 5.07. The van der Waals surface area contributed by atoms with E-state index in [0.717, 1.165) is 11.8 Å². The Bertz CT molecular complexity index is 918. The first-order chi connectivity index (χ1) is 13.0. The van der Waals surface area contributed by atoms with E-state index in [9.17, 15) is 4.79 Å². The Labute approximate surface area is 170 Å². The van der Waals surface area contributed by atoms with Gasteiger partial charge in [0.25, 0.3) is 11.1 Å². The van der Waals surface area contributed by atoms with Crippen LogP contribution in [0.1, 0.15) is 12.8 Å². The highest BCUT2D eigenvalue weighted by atomic mass is 35.5. The van der Waals surface area contributed by atoms with Gasteiger partial charge in [-0.15, -0.1) is 10.2 Å². The fraction of sp³-hybridized carbons (Fsp3) is 0.167. The van der Waals surface area contributed by atoms with Gasteiger partial charge < -0.3 is 14.5 Å². The molecule has 0 bridgehead atoms. The molecule has 27 heavy (non-hydrogen) atoms. The molecule has 0 spiro atoms. The number of anilines is 1. The minimum atomic E-state index is -0.432. The lowest BCUT2D eigenvalue weighted by Gasteiger charge is -2.09. The molecule has 1 amide bonds. The summed E-state index contributed by atoms with van der Waals surface area (Å²) in [7, 11) is 0. The number of aromatic nitrogens is 2. The second-order valence-corrected chi connectivity index (χ2v) is 7.57. The number of halogens is 2. The van der Waals surface area contributed by atoms with Crippen LogP contribution in [0.5, 0.6) is 5.75 Å². The van der Waals surface area contributed by atoms with E-state index in [-0.39, 0.29) is 17.7 Å². The zero-order valence-electron chi connectivity index (χ0n) is 14.2. The number of carbonyl (C=O) groups excluding carboxylic acids is 1. The number of para-hydroxylation sites is 1. The molecule has 2 aromatic carbocycles. The molecule has 0 unspecified atom stereocenters. The average Bonchev–Trinajstić information content (AvgIpc) is 3.10. The molecule has 0 saturated heterocycles. The number of benzene rings is 2. The molecule has 1 heterocycles. The summed E-state index contributed by atoms with van der Waals surface area (Å²) in [6.07, 6.45) is 0. The first-order valence-corrected chi connectivity index (χ1v) is 9.57. The number of amides is 1. The number of nitrogens with zero attached hydrogens (tertiary/aromatic N) is 2. The van der Waals surface area contributed by atoms with Gasteiger partial charge in [-0.2, -0.15) is 0 Å². The number of nitrogens with one attached hydrogen (secondary N) is 1. The van der Waals surface area contributed by atoms with Gasteiger partial charge in [0, 0.05) is 10.7 Å². The third-order valence-corrected chi connectivity index (χ3v) is 4.89. The van der Waals surface area contributed by atoms with E-state index in [1.165, 1.54) is 0 Å². The van der Waals surface area contributed by atoms with Crippen LogP contribution < -0.4 is 10.1 Å². The quantitative estimate of drug-likeness (QED) is 0.534. The van der Waals surface area contributed by atoms with E-state index in [4.69, 9.17) is 32.4 Å². The van der Waals surface area contributed by atoms with Crippen molar-refractivity contribution in [2.24, 2.45) is 0 Å². The smallest absolute Gasteiger partial charge is 0.277 e. The standard InChI is InChI=1S/C18H15Cl2N3O3S/c1-11(17(24)21-13-8-6-12(19)7-9-13)27-18-23-22-16(26-18)10-25-15-5-3-2-4-14(15)20/h2-9,11H,10H2,1H3,(H,21,24)/t11-/m0/s1. The molecule has 0 saturated carbocycles. The van der Waals surface area contributed by atoms with Crippen LogP contribution in [0.15, 0.2) is 58.2 Å². The Hall–Kier alpha value is -2.22. The lowest BCUT2D eigenvalue weighted by molar-refractivity contribution is -0.115. The zero-order valence-corrected chi connectivity index (χ0v) is 16.5. The summed E-state index contributed by atoms with van der Waals surface area (Å²) in [5.74, 6) is 0.638. The molecular formula is C18H15Cl2N3O3S. The lowest BCUT2D eigenvalue weighted by Crippen LogP contribution is -2.22. The summed E-state index contributed by atoms with van der Waals surface area (Å²) < 4.78 is 11.1. The third-order valence-electron chi connectivity index (χ3n) is 3.39. The largest absolute Gasteiger partial charge is 0.482 e. The van der Waals surface area contributed by atoms with Gasteiger partial charge in [-0.05, 0) is 43.3 Å². The minimum absolute atomic E-state index is 0.0860. The lowest BCUT2D eigenvalue weighted by atomic mass is 10.3. The zero-order chi connectivity index (χ0) is 19.2. The molecule has 0 radical (unpaired) electrons. The van der Waals surface area contributed by atoms with Gasteiger partial charge >= 0.3 is 0 Å². The monoisotopic (exact) mass is 423 g/mol. The van der Waals surface area contributed by atoms with Crippen LogP contribution >= 0.6 is 35.0 Å². The summed E-state index contributed by atoms with van der Waals surface area (Å²) in [4.78, 5) is 12.3. The van der Waals surface area contributed by atoms with Crippen molar-refractivity contribution in [1.82, 2.24) is 10.2 Å². The van der Waals surface area contributed by atoms with Crippen molar-refractivity contribution in [1.29, 1.82) is 0 Å². The average molecular weight is 424 g/mol. The minimum Gasteiger partial charge on any atom is -0.482 e. The number of rotatable bonds is 7. The molecular weight excluding hydrogens is 409 g/mol. The van der Waals surface area contributed by atoms with E-state index in [1.807, 2.05) is 12.1 Å². The first kappa shape index (κ1) is 19.5. The van der Waals surface area contributed by atoms with Crippen molar-refractivity contribution in [3.05, 3.63) is 64.5 Å². The van der Waals surface area contributed by atoms with Crippen LogP contribution in [0.25, 0.3) is 0 Å². The number of carbonyl (C=O) groups is 1. The van der Waals surface area contributed by atoms with Gasteiger partial charge in [-0.1, -0.05) is 47.1 Å². The van der Waals surface area contributed by atoms with Crippen molar-refractivity contribution in [3.63, 3.8) is 0 Å². The summed E-state index contributed by atoms with van der Waals surface area (Å²) in [5, 5.41) is 11.6. The second kappa shape index (κ2) is 9.12. The molecule has 0 aliphatic heterocycles. The van der Waals surface area contributed by atoms with Crippen LogP contribution in [-0.2, 0) is 11.4 Å². The van der Waals surface area contributed by atoms with Gasteiger partial charge in [0.2, 0.25) is 5.91 Å². The molecule has 3 aromatic rings. The maximum Gasteiger partial charge on any atom is 0.277 e. The van der Waals surface area contributed by atoms with Gasteiger partial charge in [-0.3, -0.25) is 4.79 Å². The molecule has 6 nitrogen and oxygen atoms in total. The topological polar surface area (TPSA) is 77.2 Å². The molecule has 0 fully saturated rings. The maximum atomic E-state index is 12.3. The summed E-state index contributed by atoms with van der Waals surface area (Å²) >= 11 is 13.0. The van der Waals surface area contributed by atoms with Crippen LogP contribution in [0, 0.1) is 0 Å². The molecule has 1 N–H and O–H groups in total. The first-order valence-electron chi connectivity index (χ1n) is 7.94. The number of hydrogen-bond donors (Lipinski definition) is 1. The van der Waals surface area contributed by atoms with Crippen LogP contribution in [0.4, 0.5) is 5.69 Å². The third kappa shape index (κ3) is 5.63. The normalized spacial score (nSPS) is 11.8. The number of hydrogen-bond acceptors (Lipinski definition) is 6. The van der Waals surface area contributed by atoms with Crippen molar-refractivity contribution in [2.45, 2.75) is 24.0 Å². The molecule has 1 atom stereocenters. The summed E-state index contributed by atoms with van der Waals surface area (Å²) in [6.45, 7) is 1.84. The maximum absolute atomic E-state index is 12.3. The summed E-state index contributed by atoms with van der Waals surface area (Å²) in [6, 6.07) is 14.0. The summed E-state index contributed by atoms with van der Waals surface area (Å²) in [5.41, 5.74) is 0.663. The highest BCUT2D eigenvalue weighted by Gasteiger charge is 2.18. The Morgan fingerprint density at radius 1 is 1.19 bits per heavy atom. The second-order valence-electron chi connectivity index (χ2n) is 5.44. The molecule has 0 aliphatic carbocycles. The highest BCUT2D eigenvalue weighted by molar-refractivity contribution is 8.00. The van der Waals surface area contributed by atoms with E-state index in [1.54, 1.807) is 43.3 Å². The molecule has 9 heteroatoms. The Morgan fingerprint density at radius 2 is 1.93 bits per heavy atom. The highest BCUT2D eigenvalue weighted by Crippen LogP contribution is 2.26. The number of ether oxygens (including phenoxy) is 1. The van der Waals surface area contributed by atoms with Crippen molar-refractivity contribution < 1.29 is 13.9 Å². The van der Waals surface area contributed by atoms with Crippen molar-refractivity contribution in [2.75, 3.05) is 5.32 Å². The van der Waals surface area contributed by atoms with Crippen LogP contribution in [-0.4, -0.2) is 21.4 Å². The van der Waals surface area contributed by atoms with Gasteiger partial charge in [-0.25, -0.2) is 0 Å². The molecule has 1 aromatic heterocycles. The van der Waals surface area contributed by atoms with E-state index in [0.29, 0.717) is 27.4 Å². The van der Waals surface area contributed by atoms with Crippen molar-refractivity contribution >= 4 is 46.6 Å². The van der Waals surface area contributed by atoms with E-state index >= 15 is 0 Å². The molecule has 140 valence electrons. The van der Waals surface area contributed by atoms with Crippen LogP contribution in [0.2, 0.25) is 10.0 Å². The van der Waals surface area contributed by atoms with Gasteiger partial charge in [0.1, 0.15) is 5.75 Å². The van der Waals surface area contributed by atoms with E-state index in [2.05, 4.69) is 15.5 Å². The van der Waals surface area contributed by atoms with Gasteiger partial charge in [0.05, 0.1) is 10.3 Å². The molecule has 3 rings (SSSR count). The Morgan fingerprint density at radius 3 is 2.67 bits per heavy atom. The predicted molar refractivity (Wildman–Crippen MR) is 105 cm³/mol. The Balaban J connectivity index is 1.52. The fourth-order valence-electron chi connectivity index (χ4n) is 2.03. The fourth-order valence-corrected chi connectivity index (χ4v) is 3.04. The van der Waals surface area contributed by atoms with Gasteiger partial charge in [0.15, 0.2) is 6.61 Å². The number of thioether (sulfide) groups is 1. The molecule has 0 aliphatic rings. The SMILES string of the molecule is C[C@H](Sc1nnc(COc2ccccc2Cl)o1)C(=O)Nc1ccc(Cl)cc1. The Kier molecular flexibility index (Phi) is 6.60. The van der Waals surface area contributed by atoms with Crippen LogP contribution in [0.3, 0.4) is 0 Å². The van der Waals surface area contributed by atoms with Crippen molar-refractivity contribution in [3.8, 4) is 5.75 Å².